The zero-order valence-electron chi connectivity index (χ0n) is 9.12. The third-order valence-electron chi connectivity index (χ3n) is 2.48. The quantitative estimate of drug-likeness (QED) is 0.695. The molecule has 0 fully saturated rings. The minimum absolute atomic E-state index is 0.825. The van der Waals surface area contributed by atoms with Gasteiger partial charge in [0.1, 0.15) is 0 Å². The molecule has 2 aromatic rings. The second-order valence-electron chi connectivity index (χ2n) is 4.00. The highest BCUT2D eigenvalue weighted by molar-refractivity contribution is 5.68. The molecule has 2 rings (SSSR count). The van der Waals surface area contributed by atoms with E-state index in [2.05, 4.69) is 44.2 Å². The summed E-state index contributed by atoms with van der Waals surface area (Å²) < 4.78 is 0. The van der Waals surface area contributed by atoms with E-state index in [1.54, 1.807) is 0 Å². The van der Waals surface area contributed by atoms with Crippen molar-refractivity contribution in [1.29, 1.82) is 0 Å². The van der Waals surface area contributed by atoms with Gasteiger partial charge < -0.3 is 5.73 Å². The molecule has 0 aromatic heterocycles. The van der Waals surface area contributed by atoms with Crippen molar-refractivity contribution in [2.75, 3.05) is 5.73 Å². The Morgan fingerprint density at radius 3 is 2.00 bits per heavy atom. The van der Waals surface area contributed by atoms with Crippen LogP contribution < -0.4 is 5.73 Å². The number of anilines is 1. The first-order valence-corrected chi connectivity index (χ1v) is 5.09. The van der Waals surface area contributed by atoms with Crippen molar-refractivity contribution in [3.63, 3.8) is 0 Å². The van der Waals surface area contributed by atoms with E-state index in [4.69, 9.17) is 5.73 Å². The van der Waals surface area contributed by atoms with Crippen LogP contribution in [0, 0.1) is 13.8 Å². The average molecular weight is 197 g/mol. The van der Waals surface area contributed by atoms with Crippen LogP contribution in [0.4, 0.5) is 5.69 Å². The summed E-state index contributed by atoms with van der Waals surface area (Å²) in [5.41, 5.74) is 11.5. The molecule has 0 saturated heterocycles. The fourth-order valence-electron chi connectivity index (χ4n) is 1.73. The van der Waals surface area contributed by atoms with Crippen molar-refractivity contribution >= 4 is 5.69 Å². The number of nitrogen functional groups attached to an aromatic ring is 1. The summed E-state index contributed by atoms with van der Waals surface area (Å²) >= 11 is 0. The van der Waals surface area contributed by atoms with E-state index in [-0.39, 0.29) is 0 Å². The van der Waals surface area contributed by atoms with Crippen LogP contribution in [0.5, 0.6) is 0 Å². The lowest BCUT2D eigenvalue weighted by Crippen LogP contribution is -1.87. The van der Waals surface area contributed by atoms with Crippen LogP contribution in [0.1, 0.15) is 11.1 Å². The first kappa shape index (κ1) is 9.78. The van der Waals surface area contributed by atoms with Gasteiger partial charge in [-0.1, -0.05) is 35.9 Å². The zero-order valence-corrected chi connectivity index (χ0v) is 9.12. The second kappa shape index (κ2) is 3.77. The lowest BCUT2D eigenvalue weighted by atomic mass is 10.0. The summed E-state index contributed by atoms with van der Waals surface area (Å²) in [4.78, 5) is 0. The predicted molar refractivity (Wildman–Crippen MR) is 65.8 cm³/mol. The van der Waals surface area contributed by atoms with Crippen molar-refractivity contribution in [2.45, 2.75) is 13.8 Å². The van der Waals surface area contributed by atoms with E-state index in [9.17, 15) is 0 Å². The van der Waals surface area contributed by atoms with Gasteiger partial charge in [-0.15, -0.1) is 0 Å². The van der Waals surface area contributed by atoms with E-state index in [1.807, 2.05) is 12.1 Å². The Labute approximate surface area is 90.6 Å². The van der Waals surface area contributed by atoms with E-state index < -0.39 is 0 Å². The summed E-state index contributed by atoms with van der Waals surface area (Å²) in [6.07, 6.45) is 0. The van der Waals surface area contributed by atoms with E-state index in [1.165, 1.54) is 22.3 Å². The first-order chi connectivity index (χ1) is 7.15. The molecule has 0 saturated carbocycles. The summed E-state index contributed by atoms with van der Waals surface area (Å²) in [5, 5.41) is 0. The molecule has 0 aliphatic carbocycles. The molecule has 0 radical (unpaired) electrons. The molecule has 0 aliphatic rings. The fraction of sp³-hybridized carbons (Fsp3) is 0.143. The number of hydrogen-bond donors (Lipinski definition) is 1. The molecule has 15 heavy (non-hydrogen) atoms. The minimum Gasteiger partial charge on any atom is -0.399 e. The molecule has 0 aliphatic heterocycles. The molecule has 0 heterocycles. The maximum Gasteiger partial charge on any atom is 0.0322 e. The van der Waals surface area contributed by atoms with Gasteiger partial charge in [0.25, 0.3) is 0 Å². The maximum absolute atomic E-state index is 5.83. The van der Waals surface area contributed by atoms with Gasteiger partial charge in [-0.05, 0) is 42.7 Å². The summed E-state index contributed by atoms with van der Waals surface area (Å²) in [6, 6.07) is 14.6. The molecular weight excluding hydrogens is 182 g/mol. The van der Waals surface area contributed by atoms with Crippen LogP contribution >= 0.6 is 0 Å². The van der Waals surface area contributed by atoms with Crippen molar-refractivity contribution < 1.29 is 0 Å². The van der Waals surface area contributed by atoms with Crippen LogP contribution in [-0.2, 0) is 0 Å². The van der Waals surface area contributed by atoms with Crippen LogP contribution in [0.2, 0.25) is 0 Å². The fourth-order valence-corrected chi connectivity index (χ4v) is 1.73. The van der Waals surface area contributed by atoms with Gasteiger partial charge in [-0.25, -0.2) is 0 Å². The van der Waals surface area contributed by atoms with Crippen molar-refractivity contribution in [3.8, 4) is 11.1 Å². The van der Waals surface area contributed by atoms with Crippen molar-refractivity contribution in [2.24, 2.45) is 0 Å². The largest absolute Gasteiger partial charge is 0.399 e. The molecule has 76 valence electrons. The third kappa shape index (κ3) is 2.18. The Morgan fingerprint density at radius 1 is 0.733 bits per heavy atom. The van der Waals surface area contributed by atoms with Crippen LogP contribution in [0.25, 0.3) is 11.1 Å². The molecule has 2 aromatic carbocycles. The Bertz CT molecular complexity index is 449. The summed E-state index contributed by atoms with van der Waals surface area (Å²) in [7, 11) is 0. The van der Waals surface area contributed by atoms with Crippen LogP contribution in [-0.4, -0.2) is 0 Å². The first-order valence-electron chi connectivity index (χ1n) is 5.09. The molecule has 1 nitrogen and oxygen atoms in total. The number of aryl methyl sites for hydroxylation is 2. The van der Waals surface area contributed by atoms with Crippen molar-refractivity contribution in [3.05, 3.63) is 53.6 Å². The van der Waals surface area contributed by atoms with Gasteiger partial charge in [0.15, 0.2) is 0 Å². The number of nitrogens with two attached hydrogens (primary N) is 1. The molecule has 0 atom stereocenters. The van der Waals surface area contributed by atoms with Gasteiger partial charge in [0, 0.05) is 5.69 Å². The molecule has 0 bridgehead atoms. The standard InChI is InChI=1S/C14H15N/c1-10-3-5-12(6-4-10)13-7-11(2)8-14(15)9-13/h3-9H,15H2,1-2H3. The van der Waals surface area contributed by atoms with Gasteiger partial charge in [0.05, 0.1) is 0 Å². The topological polar surface area (TPSA) is 26.0 Å². The minimum atomic E-state index is 0.825. The van der Waals surface area contributed by atoms with Gasteiger partial charge >= 0.3 is 0 Å². The Hall–Kier alpha value is -1.76. The van der Waals surface area contributed by atoms with Crippen molar-refractivity contribution in [1.82, 2.24) is 0 Å². The third-order valence-corrected chi connectivity index (χ3v) is 2.48. The molecule has 1 heteroatoms. The number of hydrogen-bond acceptors (Lipinski definition) is 1. The summed E-state index contributed by atoms with van der Waals surface area (Å²) in [6.45, 7) is 4.16. The highest BCUT2D eigenvalue weighted by atomic mass is 14.5. The smallest absolute Gasteiger partial charge is 0.0322 e. The number of benzene rings is 2. The molecule has 2 N–H and O–H groups in total. The summed E-state index contributed by atoms with van der Waals surface area (Å²) in [5.74, 6) is 0. The molecule has 0 unspecified atom stereocenters. The zero-order chi connectivity index (χ0) is 10.8. The maximum atomic E-state index is 5.83. The Kier molecular flexibility index (Phi) is 2.46. The molecular formula is C14H15N. The second-order valence-corrected chi connectivity index (χ2v) is 4.00. The van der Waals surface area contributed by atoms with Gasteiger partial charge in [-0.2, -0.15) is 0 Å². The number of rotatable bonds is 1. The normalized spacial score (nSPS) is 10.3. The highest BCUT2D eigenvalue weighted by Crippen LogP contribution is 2.23. The lowest BCUT2D eigenvalue weighted by Gasteiger charge is -2.05. The predicted octanol–water partition coefficient (Wildman–Crippen LogP) is 3.55. The van der Waals surface area contributed by atoms with Gasteiger partial charge in [0.2, 0.25) is 0 Å². The Morgan fingerprint density at radius 2 is 1.40 bits per heavy atom. The van der Waals surface area contributed by atoms with E-state index in [0.29, 0.717) is 0 Å². The molecule has 0 spiro atoms. The SMILES string of the molecule is Cc1ccc(-c2cc(C)cc(N)c2)cc1. The van der Waals surface area contributed by atoms with E-state index in [0.717, 1.165) is 5.69 Å². The molecule has 0 amide bonds. The van der Waals surface area contributed by atoms with Crippen LogP contribution in [0.15, 0.2) is 42.5 Å². The lowest BCUT2D eigenvalue weighted by molar-refractivity contribution is 1.44. The van der Waals surface area contributed by atoms with Gasteiger partial charge in [-0.3, -0.25) is 0 Å². The van der Waals surface area contributed by atoms with E-state index >= 15 is 0 Å². The average Bonchev–Trinajstić information content (AvgIpc) is 2.17. The Balaban J connectivity index is 2.49. The highest BCUT2D eigenvalue weighted by Gasteiger charge is 1.99. The van der Waals surface area contributed by atoms with Crippen LogP contribution in [0.3, 0.4) is 0 Å². The monoisotopic (exact) mass is 197 g/mol.